The Morgan fingerprint density at radius 1 is 1.25 bits per heavy atom. The molecule has 1 saturated heterocycles. The van der Waals surface area contributed by atoms with Gasteiger partial charge in [-0.1, -0.05) is 0 Å². The highest BCUT2D eigenvalue weighted by atomic mass is 32.1. The lowest BCUT2D eigenvalue weighted by Crippen LogP contribution is -2.42. The van der Waals surface area contributed by atoms with Gasteiger partial charge in [-0.05, 0) is 13.3 Å². The predicted molar refractivity (Wildman–Crippen MR) is 92.8 cm³/mol. The smallest absolute Gasteiger partial charge is 0.270 e. The van der Waals surface area contributed by atoms with Gasteiger partial charge in [-0.2, -0.15) is 5.10 Å². The number of hydrogen-bond donors (Lipinski definition) is 0. The monoisotopic (exact) mass is 349 g/mol. The van der Waals surface area contributed by atoms with E-state index in [1.54, 1.807) is 18.4 Å². The summed E-state index contributed by atoms with van der Waals surface area (Å²) in [5.41, 5.74) is 1.61. The van der Waals surface area contributed by atoms with Gasteiger partial charge in [0.2, 0.25) is 5.91 Å². The molecule has 3 heterocycles. The van der Waals surface area contributed by atoms with Crippen molar-refractivity contribution in [1.29, 1.82) is 0 Å². The number of rotatable bonds is 3. The van der Waals surface area contributed by atoms with E-state index in [-0.39, 0.29) is 11.8 Å². The predicted octanol–water partition coefficient (Wildman–Crippen LogP) is 1.09. The summed E-state index contributed by atoms with van der Waals surface area (Å²) in [4.78, 5) is 32.9. The number of aromatic nitrogens is 1. The maximum Gasteiger partial charge on any atom is 0.270 e. The summed E-state index contributed by atoms with van der Waals surface area (Å²) in [6.45, 7) is 6.09. The quantitative estimate of drug-likeness (QED) is 0.819. The van der Waals surface area contributed by atoms with Crippen LogP contribution in [0.15, 0.2) is 10.5 Å². The van der Waals surface area contributed by atoms with Crippen LogP contribution in [0, 0.1) is 6.92 Å². The van der Waals surface area contributed by atoms with Crippen LogP contribution < -0.4 is 0 Å². The first-order valence-corrected chi connectivity index (χ1v) is 9.17. The Morgan fingerprint density at radius 2 is 2.08 bits per heavy atom. The Labute approximate surface area is 145 Å². The number of hydrogen-bond acceptors (Lipinski definition) is 6. The van der Waals surface area contributed by atoms with Crippen molar-refractivity contribution in [2.45, 2.75) is 32.7 Å². The van der Waals surface area contributed by atoms with Gasteiger partial charge in [-0.15, -0.1) is 11.3 Å². The molecule has 0 N–H and O–H groups in total. The van der Waals surface area contributed by atoms with Crippen LogP contribution in [0.2, 0.25) is 0 Å². The first kappa shape index (κ1) is 17.0. The van der Waals surface area contributed by atoms with Gasteiger partial charge < -0.3 is 4.90 Å². The summed E-state index contributed by atoms with van der Waals surface area (Å²) in [6.07, 6.45) is 1.75. The first-order chi connectivity index (χ1) is 11.5. The lowest BCUT2D eigenvalue weighted by Gasteiger charge is -2.25. The van der Waals surface area contributed by atoms with Crippen LogP contribution in [0.5, 0.6) is 0 Å². The lowest BCUT2D eigenvalue weighted by atomic mass is 10.1. The van der Waals surface area contributed by atoms with E-state index in [4.69, 9.17) is 0 Å². The van der Waals surface area contributed by atoms with Crippen LogP contribution in [0.4, 0.5) is 0 Å². The molecule has 24 heavy (non-hydrogen) atoms. The molecule has 3 rings (SSSR count). The molecule has 1 fully saturated rings. The van der Waals surface area contributed by atoms with Crippen LogP contribution in [0.3, 0.4) is 0 Å². The minimum absolute atomic E-state index is 0.0271. The summed E-state index contributed by atoms with van der Waals surface area (Å²) < 4.78 is 0. The molecule has 0 saturated carbocycles. The molecular formula is C16H23N5O2S. The van der Waals surface area contributed by atoms with Gasteiger partial charge >= 0.3 is 0 Å². The molecule has 0 unspecified atom stereocenters. The van der Waals surface area contributed by atoms with E-state index in [9.17, 15) is 9.59 Å². The van der Waals surface area contributed by atoms with E-state index < -0.39 is 0 Å². The lowest BCUT2D eigenvalue weighted by molar-refractivity contribution is -0.130. The van der Waals surface area contributed by atoms with Crippen molar-refractivity contribution in [3.63, 3.8) is 0 Å². The molecule has 1 aromatic rings. The van der Waals surface area contributed by atoms with Crippen LogP contribution >= 0.6 is 11.3 Å². The zero-order valence-corrected chi connectivity index (χ0v) is 15.0. The number of nitrogens with zero attached hydrogens (tertiary/aromatic N) is 5. The molecule has 0 aromatic carbocycles. The van der Waals surface area contributed by atoms with Gasteiger partial charge in [0.05, 0.1) is 10.7 Å². The van der Waals surface area contributed by atoms with Gasteiger partial charge in [0, 0.05) is 58.0 Å². The van der Waals surface area contributed by atoms with Gasteiger partial charge in [-0.3, -0.25) is 14.5 Å². The maximum atomic E-state index is 12.7. The van der Waals surface area contributed by atoms with Crippen molar-refractivity contribution in [2.24, 2.45) is 5.10 Å². The second-order valence-electron chi connectivity index (χ2n) is 6.24. The molecule has 8 heteroatoms. The van der Waals surface area contributed by atoms with Gasteiger partial charge in [0.15, 0.2) is 0 Å². The summed E-state index contributed by atoms with van der Waals surface area (Å²) in [6, 6.07) is 0. The zero-order chi connectivity index (χ0) is 17.1. The highest BCUT2D eigenvalue weighted by Gasteiger charge is 2.27. The van der Waals surface area contributed by atoms with Crippen LogP contribution in [-0.2, 0) is 16.1 Å². The van der Waals surface area contributed by atoms with Crippen molar-refractivity contribution >= 4 is 28.9 Å². The third-order valence-corrected chi connectivity index (χ3v) is 5.20. The largest absolute Gasteiger partial charge is 0.336 e. The van der Waals surface area contributed by atoms with Crippen LogP contribution in [0.1, 0.15) is 30.0 Å². The molecule has 0 radical (unpaired) electrons. The molecule has 0 bridgehead atoms. The second kappa shape index (κ2) is 7.40. The molecule has 130 valence electrons. The summed E-state index contributed by atoms with van der Waals surface area (Å²) in [5.74, 6) is -0.0622. The first-order valence-electron chi connectivity index (χ1n) is 8.29. The fourth-order valence-electron chi connectivity index (χ4n) is 3.05. The molecule has 7 nitrogen and oxygen atoms in total. The van der Waals surface area contributed by atoms with Gasteiger partial charge in [0.1, 0.15) is 5.71 Å². The Morgan fingerprint density at radius 3 is 2.79 bits per heavy atom. The summed E-state index contributed by atoms with van der Waals surface area (Å²) in [5, 5.41) is 8.62. The standard InChI is InChI=1S/C16H23N5O2S/c1-12-17-13(11-24-12)10-20-6-3-7-21(9-8-20)16(23)14-4-5-15(22)19(2)18-14/h11H,3-10H2,1-2H3. The van der Waals surface area contributed by atoms with Crippen molar-refractivity contribution in [2.75, 3.05) is 33.2 Å². The molecule has 2 amide bonds. The Kier molecular flexibility index (Phi) is 5.25. The molecule has 2 aliphatic rings. The maximum absolute atomic E-state index is 12.7. The number of aryl methyl sites for hydroxylation is 1. The van der Waals surface area contributed by atoms with Crippen molar-refractivity contribution in [1.82, 2.24) is 19.8 Å². The zero-order valence-electron chi connectivity index (χ0n) is 14.2. The van der Waals surface area contributed by atoms with Crippen molar-refractivity contribution in [3.05, 3.63) is 16.1 Å². The van der Waals surface area contributed by atoms with E-state index in [2.05, 4.69) is 20.4 Å². The molecule has 1 aromatic heterocycles. The van der Waals surface area contributed by atoms with Gasteiger partial charge in [0.25, 0.3) is 5.91 Å². The third kappa shape index (κ3) is 3.99. The SMILES string of the molecule is Cc1nc(CN2CCCN(C(=O)C3=NN(C)C(=O)CC3)CC2)cs1. The topological polar surface area (TPSA) is 69.1 Å². The average Bonchev–Trinajstić information content (AvgIpc) is 2.82. The Bertz CT molecular complexity index is 657. The van der Waals surface area contributed by atoms with Crippen molar-refractivity contribution < 1.29 is 9.59 Å². The minimum Gasteiger partial charge on any atom is -0.336 e. The van der Waals surface area contributed by atoms with E-state index >= 15 is 0 Å². The number of amides is 2. The van der Waals surface area contributed by atoms with Gasteiger partial charge in [-0.25, -0.2) is 9.99 Å². The van der Waals surface area contributed by atoms with E-state index in [0.29, 0.717) is 25.1 Å². The van der Waals surface area contributed by atoms with E-state index in [0.717, 1.165) is 43.3 Å². The molecule has 0 spiro atoms. The second-order valence-corrected chi connectivity index (χ2v) is 7.31. The Balaban J connectivity index is 1.58. The fourth-order valence-corrected chi connectivity index (χ4v) is 3.65. The minimum atomic E-state index is -0.0350. The number of hydrazone groups is 1. The third-order valence-electron chi connectivity index (χ3n) is 4.38. The highest BCUT2D eigenvalue weighted by Crippen LogP contribution is 2.14. The van der Waals surface area contributed by atoms with E-state index in [1.165, 1.54) is 5.01 Å². The number of thiazole rings is 1. The molecule has 2 aliphatic heterocycles. The summed E-state index contributed by atoms with van der Waals surface area (Å²) in [7, 11) is 1.61. The van der Waals surface area contributed by atoms with Crippen molar-refractivity contribution in [3.8, 4) is 0 Å². The normalized spacial score (nSPS) is 20.1. The highest BCUT2D eigenvalue weighted by molar-refractivity contribution is 7.09. The molecular weight excluding hydrogens is 326 g/mol. The fraction of sp³-hybridized carbons (Fsp3) is 0.625. The Hall–Kier alpha value is -1.80. The van der Waals surface area contributed by atoms with E-state index in [1.807, 2.05) is 11.8 Å². The number of carbonyl (C=O) groups excluding carboxylic acids is 2. The van der Waals surface area contributed by atoms with Crippen LogP contribution in [0.25, 0.3) is 0 Å². The molecule has 0 atom stereocenters. The summed E-state index contributed by atoms with van der Waals surface area (Å²) >= 11 is 1.67. The van der Waals surface area contributed by atoms with Crippen LogP contribution in [-0.4, -0.2) is 70.5 Å². The number of carbonyl (C=O) groups is 2. The average molecular weight is 349 g/mol. The molecule has 0 aliphatic carbocycles.